The number of esters is 1. The Morgan fingerprint density at radius 2 is 1.86 bits per heavy atom. The summed E-state index contributed by atoms with van der Waals surface area (Å²) in [6, 6.07) is 9.49. The first kappa shape index (κ1) is 27.0. The van der Waals surface area contributed by atoms with E-state index in [4.69, 9.17) is 4.74 Å². The van der Waals surface area contributed by atoms with Gasteiger partial charge in [-0.2, -0.15) is 0 Å². The Labute approximate surface area is 218 Å². The normalized spacial score (nSPS) is 41.6. The third-order valence-corrected chi connectivity index (χ3v) is 8.53. The number of ether oxygens (including phenoxy) is 1. The smallest absolute Gasteiger partial charge is 0.303 e. The van der Waals surface area contributed by atoms with E-state index in [1.165, 1.54) is 26.0 Å². The lowest BCUT2D eigenvalue weighted by molar-refractivity contribution is -0.166. The van der Waals surface area contributed by atoms with E-state index < -0.39 is 46.9 Å². The number of aliphatic hydroxyl groups excluding tert-OH is 1. The zero-order chi connectivity index (χ0) is 27.1. The van der Waals surface area contributed by atoms with Crippen LogP contribution in [0.1, 0.15) is 39.7 Å². The summed E-state index contributed by atoms with van der Waals surface area (Å²) in [4.78, 5) is 39.5. The average Bonchev–Trinajstić information content (AvgIpc) is 3.13. The van der Waals surface area contributed by atoms with E-state index in [-0.39, 0.29) is 23.7 Å². The van der Waals surface area contributed by atoms with Crippen molar-refractivity contribution in [2.75, 3.05) is 0 Å². The second-order valence-corrected chi connectivity index (χ2v) is 11.0. The molecule has 1 saturated heterocycles. The molecular formula is C30H37NO6. The first-order chi connectivity index (χ1) is 17.4. The Hall–Kier alpha value is -3.03. The van der Waals surface area contributed by atoms with Gasteiger partial charge in [-0.3, -0.25) is 14.4 Å². The molecule has 0 aromatic heterocycles. The fourth-order valence-electron chi connectivity index (χ4n) is 6.68. The van der Waals surface area contributed by atoms with Gasteiger partial charge >= 0.3 is 5.97 Å². The summed E-state index contributed by atoms with van der Waals surface area (Å²) in [6.07, 6.45) is 5.01. The number of hydrogen-bond donors (Lipinski definition) is 3. The van der Waals surface area contributed by atoms with Crippen LogP contribution in [-0.2, 0) is 25.5 Å². The molecule has 198 valence electrons. The van der Waals surface area contributed by atoms with Crippen molar-refractivity contribution < 1.29 is 29.3 Å². The molecule has 7 heteroatoms. The molecule has 4 rings (SSSR count). The summed E-state index contributed by atoms with van der Waals surface area (Å²) < 4.78 is 5.81. The Bertz CT molecular complexity index is 1140. The van der Waals surface area contributed by atoms with Gasteiger partial charge in [0.05, 0.1) is 6.10 Å². The highest BCUT2D eigenvalue weighted by atomic mass is 16.5. The first-order valence-electron chi connectivity index (χ1n) is 12.9. The van der Waals surface area contributed by atoms with Crippen molar-refractivity contribution in [2.45, 2.75) is 64.4 Å². The quantitative estimate of drug-likeness (QED) is 0.428. The highest BCUT2D eigenvalue weighted by Crippen LogP contribution is 2.58. The van der Waals surface area contributed by atoms with E-state index in [2.05, 4.69) is 11.9 Å². The van der Waals surface area contributed by atoms with Gasteiger partial charge in [0.25, 0.3) is 0 Å². The standard InChI is InChI=1S/C30H37NO6/c1-17-10-9-13-22-26(33)19(3)18(2)25-23(16-21-11-7-6-8-12-21)31-28(35)30(22,25)24(37-20(4)32)14-15-29(5,36)27(17)34/h6-9,11-15,17-18,22-26,33,36H,3,10,16H2,1-2,4-5H3,(H,31,35)/b13-9+,15-14+/t17-,18+,22-,23?,24?,25-,26+,29?,30?/m0/s1. The molecule has 9 atom stereocenters. The van der Waals surface area contributed by atoms with Crippen LogP contribution < -0.4 is 5.32 Å². The Morgan fingerprint density at radius 3 is 2.51 bits per heavy atom. The predicted molar refractivity (Wildman–Crippen MR) is 139 cm³/mol. The molecule has 0 bridgehead atoms. The van der Waals surface area contributed by atoms with Gasteiger partial charge < -0.3 is 20.3 Å². The third kappa shape index (κ3) is 4.59. The number of Topliss-reactive ketones (excluding diaryl/α,β-unsaturated/α-hetero) is 1. The lowest BCUT2D eigenvalue weighted by atomic mass is 9.51. The molecule has 7 nitrogen and oxygen atoms in total. The second kappa shape index (κ2) is 10.0. The van der Waals surface area contributed by atoms with Crippen molar-refractivity contribution in [3.05, 3.63) is 72.4 Å². The van der Waals surface area contributed by atoms with Crippen LogP contribution in [0.2, 0.25) is 0 Å². The van der Waals surface area contributed by atoms with Crippen LogP contribution in [-0.4, -0.2) is 51.7 Å². The van der Waals surface area contributed by atoms with Crippen molar-refractivity contribution in [2.24, 2.45) is 29.1 Å². The van der Waals surface area contributed by atoms with Gasteiger partial charge in [0, 0.05) is 30.7 Å². The summed E-state index contributed by atoms with van der Waals surface area (Å²) in [6.45, 7) is 10.5. The predicted octanol–water partition coefficient (Wildman–Crippen LogP) is 2.92. The number of ketones is 1. The van der Waals surface area contributed by atoms with E-state index in [1.54, 1.807) is 19.1 Å². The number of nitrogens with one attached hydrogen (secondary N) is 1. The van der Waals surface area contributed by atoms with E-state index in [1.807, 2.05) is 37.3 Å². The Morgan fingerprint density at radius 1 is 1.19 bits per heavy atom. The topological polar surface area (TPSA) is 113 Å². The fourth-order valence-corrected chi connectivity index (χ4v) is 6.68. The number of carbonyl (C=O) groups is 3. The average molecular weight is 508 g/mol. The fraction of sp³-hybridized carbons (Fsp3) is 0.500. The van der Waals surface area contributed by atoms with E-state index >= 15 is 0 Å². The molecule has 3 N–H and O–H groups in total. The maximum Gasteiger partial charge on any atom is 0.303 e. The van der Waals surface area contributed by atoms with Crippen molar-refractivity contribution in [3.63, 3.8) is 0 Å². The molecule has 3 aliphatic rings. The van der Waals surface area contributed by atoms with Crippen molar-refractivity contribution in [3.8, 4) is 0 Å². The molecule has 4 unspecified atom stereocenters. The molecule has 1 amide bonds. The molecule has 37 heavy (non-hydrogen) atoms. The number of allylic oxidation sites excluding steroid dienone is 1. The number of aliphatic hydroxyl groups is 2. The number of hydrogen-bond acceptors (Lipinski definition) is 6. The summed E-state index contributed by atoms with van der Waals surface area (Å²) >= 11 is 0. The third-order valence-electron chi connectivity index (χ3n) is 8.53. The second-order valence-electron chi connectivity index (χ2n) is 11.0. The maximum atomic E-state index is 14.2. The minimum Gasteiger partial charge on any atom is -0.457 e. The summed E-state index contributed by atoms with van der Waals surface area (Å²) in [7, 11) is 0. The summed E-state index contributed by atoms with van der Waals surface area (Å²) in [5.41, 5.74) is -1.55. The minimum absolute atomic E-state index is 0.287. The molecule has 1 aliphatic heterocycles. The van der Waals surface area contributed by atoms with Crippen LogP contribution in [0.3, 0.4) is 0 Å². The van der Waals surface area contributed by atoms with Crippen LogP contribution >= 0.6 is 0 Å². The van der Waals surface area contributed by atoms with E-state index in [0.717, 1.165) is 5.56 Å². The van der Waals surface area contributed by atoms with Crippen LogP contribution in [0.4, 0.5) is 0 Å². The van der Waals surface area contributed by atoms with Gasteiger partial charge in [-0.15, -0.1) is 0 Å². The lowest BCUT2D eigenvalue weighted by Gasteiger charge is -2.52. The highest BCUT2D eigenvalue weighted by molar-refractivity contribution is 5.91. The maximum absolute atomic E-state index is 14.2. The number of benzene rings is 1. The molecule has 1 spiro atoms. The van der Waals surface area contributed by atoms with Crippen molar-refractivity contribution in [1.82, 2.24) is 5.32 Å². The summed E-state index contributed by atoms with van der Waals surface area (Å²) in [5, 5.41) is 25.7. The molecule has 0 radical (unpaired) electrons. The Balaban J connectivity index is 1.94. The molecule has 2 aliphatic carbocycles. The Kier molecular flexibility index (Phi) is 7.32. The zero-order valence-electron chi connectivity index (χ0n) is 21.9. The lowest BCUT2D eigenvalue weighted by Crippen LogP contribution is -2.60. The molecule has 2 fully saturated rings. The van der Waals surface area contributed by atoms with Crippen LogP contribution in [0.5, 0.6) is 0 Å². The van der Waals surface area contributed by atoms with Crippen molar-refractivity contribution >= 4 is 17.7 Å². The van der Waals surface area contributed by atoms with E-state index in [0.29, 0.717) is 18.4 Å². The van der Waals surface area contributed by atoms with Gasteiger partial charge in [-0.05, 0) is 49.0 Å². The van der Waals surface area contributed by atoms with Gasteiger partial charge in [0.15, 0.2) is 5.78 Å². The van der Waals surface area contributed by atoms with Gasteiger partial charge in [-0.1, -0.05) is 62.9 Å². The largest absolute Gasteiger partial charge is 0.457 e. The van der Waals surface area contributed by atoms with Gasteiger partial charge in [0.2, 0.25) is 5.91 Å². The minimum atomic E-state index is -1.82. The van der Waals surface area contributed by atoms with Crippen molar-refractivity contribution in [1.29, 1.82) is 0 Å². The van der Waals surface area contributed by atoms with Crippen LogP contribution in [0.15, 0.2) is 66.8 Å². The molecule has 1 saturated carbocycles. The molecular weight excluding hydrogens is 470 g/mol. The zero-order valence-corrected chi connectivity index (χ0v) is 21.9. The monoisotopic (exact) mass is 507 g/mol. The SMILES string of the molecule is C=C1[C@@H](C)[C@H]2C(Cc3ccccc3)NC(=O)C23C(OC(C)=O)/C=C/C(C)(O)C(=O)[C@@H](C)C/C=C/[C@H]3[C@@H]1O. The molecule has 1 aromatic carbocycles. The number of carbonyl (C=O) groups excluding carboxylic acids is 3. The van der Waals surface area contributed by atoms with Crippen LogP contribution in [0.25, 0.3) is 0 Å². The van der Waals surface area contributed by atoms with Gasteiger partial charge in [-0.25, -0.2) is 0 Å². The first-order valence-corrected chi connectivity index (χ1v) is 12.9. The van der Waals surface area contributed by atoms with E-state index in [9.17, 15) is 24.6 Å². The highest BCUT2D eigenvalue weighted by Gasteiger charge is 2.68. The number of rotatable bonds is 3. The molecule has 1 aromatic rings. The van der Waals surface area contributed by atoms with Crippen LogP contribution in [0, 0.1) is 29.1 Å². The van der Waals surface area contributed by atoms with Gasteiger partial charge in [0.1, 0.15) is 17.1 Å². The molecule has 1 heterocycles. The summed E-state index contributed by atoms with van der Waals surface area (Å²) in [5.74, 6) is -3.26. The number of amides is 1.